The number of hydrogen-bond acceptors (Lipinski definition) is 4. The number of hydrogen-bond donors (Lipinski definition) is 1. The molecule has 2 rings (SSSR count). The summed E-state index contributed by atoms with van der Waals surface area (Å²) < 4.78 is 65.6. The summed E-state index contributed by atoms with van der Waals surface area (Å²) in [6.45, 7) is 7.30. The SMILES string of the molecule is COC(C)(Cc1ccccc1[C@H](N[S+]([O-])C(C)(C)C)c1ccc(C(F)(F)F)cc1)OC. The molecule has 0 aliphatic heterocycles. The molecule has 0 aliphatic carbocycles. The van der Waals surface area contributed by atoms with Gasteiger partial charge in [0.2, 0.25) is 0 Å². The fraction of sp³-hybridized carbons (Fsp3) is 0.478. The topological polar surface area (TPSA) is 53.5 Å². The van der Waals surface area contributed by atoms with Crippen LogP contribution in [0, 0.1) is 0 Å². The van der Waals surface area contributed by atoms with E-state index in [1.165, 1.54) is 12.1 Å². The van der Waals surface area contributed by atoms with Crippen molar-refractivity contribution in [2.75, 3.05) is 14.2 Å². The van der Waals surface area contributed by atoms with E-state index in [4.69, 9.17) is 9.47 Å². The maximum Gasteiger partial charge on any atom is 0.416 e. The summed E-state index contributed by atoms with van der Waals surface area (Å²) in [4.78, 5) is 0. The Hall–Kier alpha value is -1.58. The lowest BCUT2D eigenvalue weighted by molar-refractivity contribution is -0.191. The van der Waals surface area contributed by atoms with Crippen molar-refractivity contribution in [1.29, 1.82) is 0 Å². The highest BCUT2D eigenvalue weighted by atomic mass is 32.2. The van der Waals surface area contributed by atoms with E-state index in [2.05, 4.69) is 4.72 Å². The van der Waals surface area contributed by atoms with Gasteiger partial charge in [0.15, 0.2) is 5.79 Å². The van der Waals surface area contributed by atoms with Crippen molar-refractivity contribution in [3.05, 3.63) is 70.8 Å². The molecule has 8 heteroatoms. The van der Waals surface area contributed by atoms with Crippen molar-refractivity contribution in [3.63, 3.8) is 0 Å². The summed E-state index contributed by atoms with van der Waals surface area (Å²) in [7, 11) is 3.10. The quantitative estimate of drug-likeness (QED) is 0.426. The molecular weight excluding hydrogens is 427 g/mol. The Labute approximate surface area is 185 Å². The molecule has 0 saturated carbocycles. The largest absolute Gasteiger partial charge is 0.598 e. The van der Waals surface area contributed by atoms with Gasteiger partial charge in [-0.05, 0) is 56.5 Å². The molecule has 0 aromatic heterocycles. The lowest BCUT2D eigenvalue weighted by atomic mass is 9.91. The average molecular weight is 458 g/mol. The first-order valence-corrected chi connectivity index (χ1v) is 11.0. The van der Waals surface area contributed by atoms with Crippen molar-refractivity contribution >= 4 is 11.4 Å². The zero-order chi connectivity index (χ0) is 23.4. The molecule has 0 fully saturated rings. The number of alkyl halides is 3. The molecule has 1 unspecified atom stereocenters. The standard InChI is InChI=1S/C23H30F3NO3S/c1-21(2,3)31(28)27-20(16-11-13-18(14-12-16)23(24,25)26)19-10-8-7-9-17(19)15-22(4,29-5)30-6/h7-14,20,27H,15H2,1-6H3/t20-,31?/m1/s1. The lowest BCUT2D eigenvalue weighted by Gasteiger charge is -2.31. The van der Waals surface area contributed by atoms with Crippen LogP contribution < -0.4 is 4.72 Å². The molecule has 0 saturated heterocycles. The van der Waals surface area contributed by atoms with Gasteiger partial charge in [-0.25, -0.2) is 0 Å². The molecule has 0 amide bonds. The van der Waals surface area contributed by atoms with Crippen LogP contribution in [0.25, 0.3) is 0 Å². The highest BCUT2D eigenvalue weighted by molar-refractivity contribution is 7.90. The number of benzene rings is 2. The van der Waals surface area contributed by atoms with Gasteiger partial charge in [-0.2, -0.15) is 13.2 Å². The minimum atomic E-state index is -4.42. The Morgan fingerprint density at radius 1 is 0.935 bits per heavy atom. The van der Waals surface area contributed by atoms with Crippen molar-refractivity contribution in [1.82, 2.24) is 4.72 Å². The molecule has 172 valence electrons. The number of halogens is 3. The van der Waals surface area contributed by atoms with E-state index in [1.807, 2.05) is 45.0 Å². The van der Waals surface area contributed by atoms with E-state index in [0.29, 0.717) is 12.0 Å². The molecule has 31 heavy (non-hydrogen) atoms. The van der Waals surface area contributed by atoms with Crippen molar-refractivity contribution < 1.29 is 27.2 Å². The monoisotopic (exact) mass is 457 g/mol. The minimum Gasteiger partial charge on any atom is -0.598 e. The summed E-state index contributed by atoms with van der Waals surface area (Å²) in [6.07, 6.45) is -4.02. The normalized spacial score (nSPS) is 15.0. The maximum absolute atomic E-state index is 13.0. The maximum atomic E-state index is 13.0. The van der Waals surface area contributed by atoms with Crippen LogP contribution in [0.4, 0.5) is 13.2 Å². The molecule has 0 heterocycles. The summed E-state index contributed by atoms with van der Waals surface area (Å²) in [5, 5.41) is 0. The van der Waals surface area contributed by atoms with E-state index in [0.717, 1.165) is 23.3 Å². The Morgan fingerprint density at radius 2 is 1.48 bits per heavy atom. The lowest BCUT2D eigenvalue weighted by Crippen LogP contribution is -2.42. The molecule has 1 N–H and O–H groups in total. The second-order valence-corrected chi connectivity index (χ2v) is 10.5. The van der Waals surface area contributed by atoms with Crippen LogP contribution in [0.5, 0.6) is 0 Å². The summed E-state index contributed by atoms with van der Waals surface area (Å²) in [5.41, 5.74) is 1.51. The van der Waals surface area contributed by atoms with Gasteiger partial charge in [-0.3, -0.25) is 0 Å². The average Bonchev–Trinajstić information content (AvgIpc) is 2.71. The summed E-state index contributed by atoms with van der Waals surface area (Å²) >= 11 is -1.46. The van der Waals surface area contributed by atoms with Crippen molar-refractivity contribution in [2.24, 2.45) is 0 Å². The molecule has 2 aromatic rings. The first-order valence-electron chi connectivity index (χ1n) is 9.84. The van der Waals surface area contributed by atoms with Crippen LogP contribution in [0.3, 0.4) is 0 Å². The molecule has 0 spiro atoms. The molecular formula is C23H30F3NO3S. The second kappa shape index (κ2) is 9.92. The smallest absolute Gasteiger partial charge is 0.416 e. The molecule has 0 bridgehead atoms. The van der Waals surface area contributed by atoms with Gasteiger partial charge in [0.05, 0.1) is 5.56 Å². The third kappa shape index (κ3) is 6.70. The Morgan fingerprint density at radius 3 is 1.97 bits per heavy atom. The number of ether oxygens (including phenoxy) is 2. The van der Waals surface area contributed by atoms with Crippen LogP contribution in [-0.2, 0) is 33.4 Å². The predicted molar refractivity (Wildman–Crippen MR) is 117 cm³/mol. The second-order valence-electron chi connectivity index (χ2n) is 8.47. The first kappa shape index (κ1) is 25.7. The van der Waals surface area contributed by atoms with Gasteiger partial charge in [0.1, 0.15) is 10.8 Å². The molecule has 2 atom stereocenters. The molecule has 4 nitrogen and oxygen atoms in total. The van der Waals surface area contributed by atoms with Gasteiger partial charge in [-0.15, -0.1) is 4.72 Å². The first-order chi connectivity index (χ1) is 14.3. The van der Waals surface area contributed by atoms with Crippen LogP contribution in [0.15, 0.2) is 48.5 Å². The fourth-order valence-corrected chi connectivity index (χ4v) is 3.84. The van der Waals surface area contributed by atoms with Gasteiger partial charge in [0, 0.05) is 32.0 Å². The summed E-state index contributed by atoms with van der Waals surface area (Å²) in [6, 6.07) is 11.8. The highest BCUT2D eigenvalue weighted by Gasteiger charge is 2.34. The Kier molecular flexibility index (Phi) is 8.21. The third-order valence-corrected chi connectivity index (χ3v) is 6.66. The molecule has 0 radical (unpaired) electrons. The van der Waals surface area contributed by atoms with E-state index < -0.39 is 39.7 Å². The predicted octanol–water partition coefficient (Wildman–Crippen LogP) is 5.40. The van der Waals surface area contributed by atoms with E-state index in [1.54, 1.807) is 21.1 Å². The number of nitrogens with one attached hydrogen (secondary N) is 1. The van der Waals surface area contributed by atoms with Crippen LogP contribution >= 0.6 is 0 Å². The summed E-state index contributed by atoms with van der Waals surface area (Å²) in [5.74, 6) is -0.885. The van der Waals surface area contributed by atoms with E-state index in [-0.39, 0.29) is 0 Å². The zero-order valence-electron chi connectivity index (χ0n) is 18.7. The van der Waals surface area contributed by atoms with Gasteiger partial charge in [0.25, 0.3) is 0 Å². The number of rotatable bonds is 8. The van der Waals surface area contributed by atoms with Crippen molar-refractivity contribution in [2.45, 2.75) is 56.9 Å². The van der Waals surface area contributed by atoms with Gasteiger partial charge >= 0.3 is 6.18 Å². The van der Waals surface area contributed by atoms with Crippen molar-refractivity contribution in [3.8, 4) is 0 Å². The van der Waals surface area contributed by atoms with E-state index in [9.17, 15) is 17.7 Å². The number of methoxy groups -OCH3 is 2. The molecule has 0 aliphatic rings. The van der Waals surface area contributed by atoms with Crippen LogP contribution in [0.1, 0.15) is 56.0 Å². The fourth-order valence-electron chi connectivity index (χ4n) is 3.01. The van der Waals surface area contributed by atoms with E-state index >= 15 is 0 Å². The van der Waals surface area contributed by atoms with Crippen LogP contribution in [0.2, 0.25) is 0 Å². The third-order valence-electron chi connectivity index (χ3n) is 5.09. The Bertz CT molecular complexity index is 846. The van der Waals surface area contributed by atoms with Gasteiger partial charge in [-0.1, -0.05) is 36.4 Å². The molecule has 2 aromatic carbocycles. The zero-order valence-corrected chi connectivity index (χ0v) is 19.5. The Balaban J connectivity index is 2.54. The highest BCUT2D eigenvalue weighted by Crippen LogP contribution is 2.34. The minimum absolute atomic E-state index is 0.400. The van der Waals surface area contributed by atoms with Crippen LogP contribution in [-0.4, -0.2) is 29.3 Å². The van der Waals surface area contributed by atoms with Gasteiger partial charge < -0.3 is 14.0 Å².